The molecule has 190 valence electrons. The minimum Gasteiger partial charge on any atom is -0.497 e. The third-order valence-corrected chi connectivity index (χ3v) is 5.73. The monoisotopic (exact) mass is 490 g/mol. The molecule has 0 saturated heterocycles. The Morgan fingerprint density at radius 1 is 0.861 bits per heavy atom. The van der Waals surface area contributed by atoms with Gasteiger partial charge in [-0.1, -0.05) is 61.5 Å². The third-order valence-electron chi connectivity index (χ3n) is 5.73. The lowest BCUT2D eigenvalue weighted by atomic mass is 10.0. The first kappa shape index (κ1) is 26.6. The Morgan fingerprint density at radius 3 is 2.25 bits per heavy atom. The van der Waals surface area contributed by atoms with Gasteiger partial charge < -0.3 is 24.4 Å². The average molecular weight is 491 g/mol. The number of benzene rings is 3. The van der Waals surface area contributed by atoms with Crippen LogP contribution in [0.4, 0.5) is 0 Å². The summed E-state index contributed by atoms with van der Waals surface area (Å²) in [7, 11) is 3.15. The second kappa shape index (κ2) is 13.8. The molecule has 0 aromatic heterocycles. The van der Waals surface area contributed by atoms with Crippen molar-refractivity contribution < 1.29 is 23.8 Å². The van der Waals surface area contributed by atoms with Gasteiger partial charge in [0, 0.05) is 19.5 Å². The van der Waals surface area contributed by atoms with Gasteiger partial charge >= 0.3 is 0 Å². The maximum absolute atomic E-state index is 13.6. The van der Waals surface area contributed by atoms with Crippen molar-refractivity contribution in [1.82, 2.24) is 10.2 Å². The highest BCUT2D eigenvalue weighted by atomic mass is 16.5. The number of methoxy groups -OCH3 is 2. The standard InChI is InChI=1S/C29H34N2O5/c1-4-17-30-29(33)25(19-22-11-6-5-7-12-22)31(20-23-13-10-14-24(18-23)34-2)28(32)21-36-27-16-9-8-15-26(27)35-3/h5-16,18,25H,4,17,19-21H2,1-3H3,(H,30,33). The summed E-state index contributed by atoms with van der Waals surface area (Å²) in [4.78, 5) is 28.6. The van der Waals surface area contributed by atoms with E-state index >= 15 is 0 Å². The first-order valence-corrected chi connectivity index (χ1v) is 12.1. The van der Waals surface area contributed by atoms with E-state index in [9.17, 15) is 9.59 Å². The molecule has 3 aromatic rings. The molecule has 7 nitrogen and oxygen atoms in total. The number of nitrogens with one attached hydrogen (secondary N) is 1. The van der Waals surface area contributed by atoms with Crippen LogP contribution in [0.2, 0.25) is 0 Å². The van der Waals surface area contributed by atoms with E-state index in [1.807, 2.05) is 73.7 Å². The van der Waals surface area contributed by atoms with Crippen LogP contribution < -0.4 is 19.5 Å². The van der Waals surface area contributed by atoms with Gasteiger partial charge in [0.2, 0.25) is 5.91 Å². The third kappa shape index (κ3) is 7.50. The van der Waals surface area contributed by atoms with Crippen molar-refractivity contribution in [3.8, 4) is 17.2 Å². The van der Waals surface area contributed by atoms with Crippen LogP contribution in [0.3, 0.4) is 0 Å². The number of ether oxygens (including phenoxy) is 3. The molecule has 0 aliphatic carbocycles. The average Bonchev–Trinajstić information content (AvgIpc) is 2.93. The Kier molecular flexibility index (Phi) is 10.2. The quantitative estimate of drug-likeness (QED) is 0.388. The zero-order valence-corrected chi connectivity index (χ0v) is 21.1. The van der Waals surface area contributed by atoms with Gasteiger partial charge in [-0.2, -0.15) is 0 Å². The fraction of sp³-hybridized carbons (Fsp3) is 0.310. The van der Waals surface area contributed by atoms with Crippen LogP contribution in [0, 0.1) is 0 Å². The molecule has 0 fully saturated rings. The summed E-state index contributed by atoms with van der Waals surface area (Å²) in [5.41, 5.74) is 1.81. The Labute approximate surface area is 213 Å². The molecule has 2 amide bonds. The minimum atomic E-state index is -0.723. The summed E-state index contributed by atoms with van der Waals surface area (Å²) in [5.74, 6) is 1.17. The minimum absolute atomic E-state index is 0.200. The topological polar surface area (TPSA) is 77.1 Å². The van der Waals surface area contributed by atoms with E-state index in [1.54, 1.807) is 31.3 Å². The zero-order valence-electron chi connectivity index (χ0n) is 21.1. The van der Waals surface area contributed by atoms with Crippen molar-refractivity contribution in [2.75, 3.05) is 27.4 Å². The molecule has 1 N–H and O–H groups in total. The second-order valence-electron chi connectivity index (χ2n) is 8.31. The first-order valence-electron chi connectivity index (χ1n) is 12.1. The number of rotatable bonds is 13. The van der Waals surface area contributed by atoms with Gasteiger partial charge in [0.25, 0.3) is 5.91 Å². The normalized spacial score (nSPS) is 11.3. The number of hydrogen-bond acceptors (Lipinski definition) is 5. The molecule has 1 unspecified atom stereocenters. The van der Waals surface area contributed by atoms with Crippen molar-refractivity contribution in [1.29, 1.82) is 0 Å². The van der Waals surface area contributed by atoms with Crippen LogP contribution in [0.25, 0.3) is 0 Å². The van der Waals surface area contributed by atoms with Gasteiger partial charge in [-0.25, -0.2) is 0 Å². The molecule has 3 rings (SSSR count). The largest absolute Gasteiger partial charge is 0.497 e. The zero-order chi connectivity index (χ0) is 25.8. The molecule has 36 heavy (non-hydrogen) atoms. The second-order valence-corrected chi connectivity index (χ2v) is 8.31. The van der Waals surface area contributed by atoms with Crippen molar-refractivity contribution in [3.05, 3.63) is 90.0 Å². The van der Waals surface area contributed by atoms with Crippen LogP contribution in [0.5, 0.6) is 17.2 Å². The molecule has 0 spiro atoms. The van der Waals surface area contributed by atoms with Gasteiger partial charge in [-0.3, -0.25) is 9.59 Å². The molecule has 0 aliphatic heterocycles. The fourth-order valence-corrected chi connectivity index (χ4v) is 3.85. The number of carbonyl (C=O) groups excluding carboxylic acids is 2. The highest BCUT2D eigenvalue weighted by molar-refractivity contribution is 5.88. The summed E-state index contributed by atoms with van der Waals surface area (Å²) in [6.45, 7) is 2.51. The van der Waals surface area contributed by atoms with Crippen molar-refractivity contribution >= 4 is 11.8 Å². The fourth-order valence-electron chi connectivity index (χ4n) is 3.85. The molecule has 0 bridgehead atoms. The molecule has 0 heterocycles. The maximum atomic E-state index is 13.6. The van der Waals surface area contributed by atoms with E-state index in [0.29, 0.717) is 30.2 Å². The van der Waals surface area contributed by atoms with Crippen molar-refractivity contribution in [2.45, 2.75) is 32.4 Å². The lowest BCUT2D eigenvalue weighted by Gasteiger charge is -2.31. The number of amides is 2. The summed E-state index contributed by atoms with van der Waals surface area (Å²) < 4.78 is 16.5. The van der Waals surface area contributed by atoms with Crippen molar-refractivity contribution in [3.63, 3.8) is 0 Å². The van der Waals surface area contributed by atoms with Gasteiger partial charge in [0.1, 0.15) is 11.8 Å². The number of para-hydroxylation sites is 2. The highest BCUT2D eigenvalue weighted by Gasteiger charge is 2.30. The van der Waals surface area contributed by atoms with Crippen LogP contribution >= 0.6 is 0 Å². The van der Waals surface area contributed by atoms with E-state index in [4.69, 9.17) is 14.2 Å². The lowest BCUT2D eigenvalue weighted by Crippen LogP contribution is -2.51. The van der Waals surface area contributed by atoms with Crippen LogP contribution in [-0.2, 0) is 22.6 Å². The molecule has 0 aliphatic rings. The van der Waals surface area contributed by atoms with E-state index < -0.39 is 6.04 Å². The molecular weight excluding hydrogens is 456 g/mol. The van der Waals surface area contributed by atoms with E-state index in [-0.39, 0.29) is 25.0 Å². The first-order chi connectivity index (χ1) is 17.5. The smallest absolute Gasteiger partial charge is 0.261 e. The van der Waals surface area contributed by atoms with Crippen molar-refractivity contribution in [2.24, 2.45) is 0 Å². The van der Waals surface area contributed by atoms with Crippen LogP contribution in [0.1, 0.15) is 24.5 Å². The molecule has 1 atom stereocenters. The number of hydrogen-bond donors (Lipinski definition) is 1. The Morgan fingerprint density at radius 2 is 1.56 bits per heavy atom. The summed E-state index contributed by atoms with van der Waals surface area (Å²) in [6.07, 6.45) is 1.17. The maximum Gasteiger partial charge on any atom is 0.261 e. The molecule has 0 radical (unpaired) electrons. The lowest BCUT2D eigenvalue weighted by molar-refractivity contribution is -0.142. The number of carbonyl (C=O) groups is 2. The molecule has 7 heteroatoms. The van der Waals surface area contributed by atoms with E-state index in [2.05, 4.69) is 5.32 Å². The Hall–Kier alpha value is -4.00. The number of nitrogens with zero attached hydrogens (tertiary/aromatic N) is 1. The highest BCUT2D eigenvalue weighted by Crippen LogP contribution is 2.26. The van der Waals surface area contributed by atoms with Crippen LogP contribution in [0.15, 0.2) is 78.9 Å². The van der Waals surface area contributed by atoms with Gasteiger partial charge in [-0.15, -0.1) is 0 Å². The van der Waals surface area contributed by atoms with E-state index in [1.165, 1.54) is 0 Å². The van der Waals surface area contributed by atoms with Gasteiger partial charge in [0.15, 0.2) is 18.1 Å². The van der Waals surface area contributed by atoms with Gasteiger partial charge in [-0.05, 0) is 41.8 Å². The summed E-state index contributed by atoms with van der Waals surface area (Å²) in [5, 5.41) is 2.97. The molecule has 3 aromatic carbocycles. The summed E-state index contributed by atoms with van der Waals surface area (Å²) in [6, 6.07) is 23.6. The Balaban J connectivity index is 1.92. The molecule has 0 saturated carbocycles. The van der Waals surface area contributed by atoms with E-state index in [0.717, 1.165) is 17.5 Å². The van der Waals surface area contributed by atoms with Gasteiger partial charge in [0.05, 0.1) is 14.2 Å². The Bertz CT molecular complexity index is 1120. The SMILES string of the molecule is CCCNC(=O)C(Cc1ccccc1)N(Cc1cccc(OC)c1)C(=O)COc1ccccc1OC. The summed E-state index contributed by atoms with van der Waals surface area (Å²) >= 11 is 0. The predicted molar refractivity (Wildman–Crippen MR) is 139 cm³/mol. The predicted octanol–water partition coefficient (Wildman–Crippen LogP) is 4.25. The molecular formula is C29H34N2O5. The van der Waals surface area contributed by atoms with Crippen LogP contribution in [-0.4, -0.2) is 50.1 Å².